The van der Waals surface area contributed by atoms with Crippen LogP contribution in [0.25, 0.3) is 0 Å². The zero-order valence-electron chi connectivity index (χ0n) is 10.6. The number of hydrogen-bond acceptors (Lipinski definition) is 2. The van der Waals surface area contributed by atoms with E-state index in [2.05, 4.69) is 11.2 Å². The Morgan fingerprint density at radius 2 is 2.12 bits per heavy atom. The van der Waals surface area contributed by atoms with Crippen molar-refractivity contribution in [1.82, 2.24) is 5.32 Å². The quantitative estimate of drug-likeness (QED) is 0.523. The number of unbranched alkanes of at least 4 members (excludes halogenated alkanes) is 2. The summed E-state index contributed by atoms with van der Waals surface area (Å²) in [6.45, 7) is 0.556. The first-order valence-electron chi connectivity index (χ1n) is 6.70. The van der Waals surface area contributed by atoms with Gasteiger partial charge in [-0.05, 0) is 31.6 Å². The van der Waals surface area contributed by atoms with Gasteiger partial charge in [0.05, 0.1) is 0 Å². The van der Waals surface area contributed by atoms with Gasteiger partial charge in [-0.2, -0.15) is 0 Å². The molecule has 0 heterocycles. The summed E-state index contributed by atoms with van der Waals surface area (Å²) in [7, 11) is 0. The fourth-order valence-electron chi connectivity index (χ4n) is 2.52. The number of hydrogen-bond donors (Lipinski definition) is 2. The minimum Gasteiger partial charge on any atom is -0.352 e. The third-order valence-corrected chi connectivity index (χ3v) is 3.54. The first kappa shape index (κ1) is 14.1. The smallest absolute Gasteiger partial charge is 0.220 e. The van der Waals surface area contributed by atoms with Crippen molar-refractivity contribution < 1.29 is 4.79 Å². The topological polar surface area (TPSA) is 55.1 Å². The highest BCUT2D eigenvalue weighted by Crippen LogP contribution is 2.27. The molecule has 17 heavy (non-hydrogen) atoms. The van der Waals surface area contributed by atoms with Gasteiger partial charge in [-0.25, -0.2) is 0 Å². The molecule has 3 N–H and O–H groups in total. The molecule has 1 aliphatic rings. The maximum Gasteiger partial charge on any atom is 0.220 e. The first-order chi connectivity index (χ1) is 8.27. The zero-order valence-corrected chi connectivity index (χ0v) is 10.6. The van der Waals surface area contributed by atoms with Crippen LogP contribution in [0.2, 0.25) is 0 Å². The van der Waals surface area contributed by atoms with E-state index in [4.69, 9.17) is 12.2 Å². The van der Waals surface area contributed by atoms with E-state index in [0.717, 1.165) is 19.3 Å². The van der Waals surface area contributed by atoms with E-state index < -0.39 is 0 Å². The summed E-state index contributed by atoms with van der Waals surface area (Å²) in [5, 5.41) is 3.07. The molecule has 0 bridgehead atoms. The van der Waals surface area contributed by atoms with Crippen molar-refractivity contribution in [2.75, 3.05) is 6.54 Å². The Labute approximate surface area is 105 Å². The second kappa shape index (κ2) is 8.14. The highest BCUT2D eigenvalue weighted by molar-refractivity contribution is 5.76. The molecule has 1 amide bonds. The van der Waals surface area contributed by atoms with E-state index in [1.54, 1.807) is 0 Å². The summed E-state index contributed by atoms with van der Waals surface area (Å²) >= 11 is 0. The van der Waals surface area contributed by atoms with E-state index in [1.807, 2.05) is 0 Å². The Kier molecular flexibility index (Phi) is 6.73. The number of nitrogens with two attached hydrogens (primary N) is 1. The lowest BCUT2D eigenvalue weighted by Gasteiger charge is -2.23. The van der Waals surface area contributed by atoms with Crippen LogP contribution in [0.1, 0.15) is 51.4 Å². The third kappa shape index (κ3) is 5.23. The van der Waals surface area contributed by atoms with Crippen molar-refractivity contribution in [3.05, 3.63) is 0 Å². The Morgan fingerprint density at radius 1 is 1.41 bits per heavy atom. The number of rotatable bonds is 7. The SMILES string of the molecule is C#CCCCCC(=O)NC(CN)C1CCCC1. The number of amides is 1. The summed E-state index contributed by atoms with van der Waals surface area (Å²) in [4.78, 5) is 11.7. The Balaban J connectivity index is 2.20. The standard InChI is InChI=1S/C14H24N2O/c1-2-3-4-5-10-14(17)16-13(11-15)12-8-6-7-9-12/h1,12-13H,3-11,15H2,(H,16,17). The maximum absolute atomic E-state index is 11.7. The first-order valence-corrected chi connectivity index (χ1v) is 6.70. The molecule has 1 atom stereocenters. The molecule has 0 aromatic heterocycles. The van der Waals surface area contributed by atoms with Crippen LogP contribution in [0, 0.1) is 18.3 Å². The van der Waals surface area contributed by atoms with Crippen molar-refractivity contribution in [2.45, 2.75) is 57.4 Å². The molecule has 1 unspecified atom stereocenters. The Morgan fingerprint density at radius 3 is 2.71 bits per heavy atom. The van der Waals surface area contributed by atoms with Gasteiger partial charge in [-0.1, -0.05) is 12.8 Å². The molecule has 1 aliphatic carbocycles. The lowest BCUT2D eigenvalue weighted by Crippen LogP contribution is -2.44. The fourth-order valence-corrected chi connectivity index (χ4v) is 2.52. The third-order valence-electron chi connectivity index (χ3n) is 3.54. The van der Waals surface area contributed by atoms with E-state index in [-0.39, 0.29) is 11.9 Å². The summed E-state index contributed by atoms with van der Waals surface area (Å²) in [6, 6.07) is 0.178. The highest BCUT2D eigenvalue weighted by atomic mass is 16.1. The number of nitrogens with one attached hydrogen (secondary N) is 1. The molecule has 3 heteroatoms. The lowest BCUT2D eigenvalue weighted by atomic mass is 9.98. The molecule has 96 valence electrons. The van der Waals surface area contributed by atoms with Crippen LogP contribution >= 0.6 is 0 Å². The average molecular weight is 236 g/mol. The van der Waals surface area contributed by atoms with Crippen molar-refractivity contribution in [1.29, 1.82) is 0 Å². The Bertz CT molecular complexity index is 264. The van der Waals surface area contributed by atoms with Crippen LogP contribution in [0.4, 0.5) is 0 Å². The van der Waals surface area contributed by atoms with Crippen LogP contribution in [0.3, 0.4) is 0 Å². The van der Waals surface area contributed by atoms with Crippen LogP contribution in [0.5, 0.6) is 0 Å². The molecular formula is C14H24N2O. The van der Waals surface area contributed by atoms with Crippen LogP contribution in [-0.4, -0.2) is 18.5 Å². The maximum atomic E-state index is 11.7. The second-order valence-corrected chi connectivity index (χ2v) is 4.87. The summed E-state index contributed by atoms with van der Waals surface area (Å²) in [5.41, 5.74) is 5.74. The van der Waals surface area contributed by atoms with Crippen molar-refractivity contribution in [3.63, 3.8) is 0 Å². The molecule has 1 rings (SSSR count). The summed E-state index contributed by atoms with van der Waals surface area (Å²) in [5.74, 6) is 3.31. The van der Waals surface area contributed by atoms with E-state index in [0.29, 0.717) is 18.9 Å². The molecule has 0 radical (unpaired) electrons. The summed E-state index contributed by atoms with van der Waals surface area (Å²) in [6.07, 6.45) is 13.3. The Hall–Kier alpha value is -1.01. The molecule has 0 aromatic rings. The zero-order chi connectivity index (χ0) is 12.5. The molecule has 3 nitrogen and oxygen atoms in total. The minimum atomic E-state index is 0.129. The second-order valence-electron chi connectivity index (χ2n) is 4.87. The van der Waals surface area contributed by atoms with Gasteiger partial charge < -0.3 is 11.1 Å². The molecule has 0 spiro atoms. The van der Waals surface area contributed by atoms with Gasteiger partial charge in [0.15, 0.2) is 0 Å². The minimum absolute atomic E-state index is 0.129. The van der Waals surface area contributed by atoms with E-state index >= 15 is 0 Å². The molecule has 0 saturated heterocycles. The fraction of sp³-hybridized carbons (Fsp3) is 0.786. The molecule has 0 aliphatic heterocycles. The number of carbonyl (C=O) groups excluding carboxylic acids is 1. The van der Waals surface area contributed by atoms with Crippen LogP contribution < -0.4 is 11.1 Å². The van der Waals surface area contributed by atoms with Gasteiger partial charge in [0.25, 0.3) is 0 Å². The molecular weight excluding hydrogens is 212 g/mol. The largest absolute Gasteiger partial charge is 0.352 e. The monoisotopic (exact) mass is 236 g/mol. The highest BCUT2D eigenvalue weighted by Gasteiger charge is 2.24. The van der Waals surface area contributed by atoms with Crippen LogP contribution in [-0.2, 0) is 4.79 Å². The van der Waals surface area contributed by atoms with Gasteiger partial charge >= 0.3 is 0 Å². The van der Waals surface area contributed by atoms with E-state index in [1.165, 1.54) is 25.7 Å². The predicted molar refractivity (Wildman–Crippen MR) is 70.2 cm³/mol. The molecule has 1 fully saturated rings. The van der Waals surface area contributed by atoms with Crippen LogP contribution in [0.15, 0.2) is 0 Å². The van der Waals surface area contributed by atoms with Gasteiger partial charge in [0, 0.05) is 25.4 Å². The van der Waals surface area contributed by atoms with E-state index in [9.17, 15) is 4.79 Å². The average Bonchev–Trinajstić information content (AvgIpc) is 2.85. The predicted octanol–water partition coefficient (Wildman–Crippen LogP) is 1.81. The van der Waals surface area contributed by atoms with Crippen molar-refractivity contribution in [2.24, 2.45) is 11.7 Å². The van der Waals surface area contributed by atoms with Gasteiger partial charge in [-0.3, -0.25) is 4.79 Å². The van der Waals surface area contributed by atoms with Crippen molar-refractivity contribution >= 4 is 5.91 Å². The normalized spacial score (nSPS) is 17.6. The van der Waals surface area contributed by atoms with Crippen molar-refractivity contribution in [3.8, 4) is 12.3 Å². The van der Waals surface area contributed by atoms with Gasteiger partial charge in [0.2, 0.25) is 5.91 Å². The number of carbonyl (C=O) groups is 1. The summed E-state index contributed by atoms with van der Waals surface area (Å²) < 4.78 is 0. The van der Waals surface area contributed by atoms with Gasteiger partial charge in [0.1, 0.15) is 0 Å². The lowest BCUT2D eigenvalue weighted by molar-refractivity contribution is -0.122. The molecule has 1 saturated carbocycles. The molecule has 0 aromatic carbocycles. The number of terminal acetylenes is 1. The van der Waals surface area contributed by atoms with Gasteiger partial charge in [-0.15, -0.1) is 12.3 Å².